The average Bonchev–Trinajstić information content (AvgIpc) is 2.86. The molecule has 0 bridgehead atoms. The minimum absolute atomic E-state index is 0.141. The summed E-state index contributed by atoms with van der Waals surface area (Å²) in [6.45, 7) is 6.13. The van der Waals surface area contributed by atoms with Crippen LogP contribution in [0, 0.1) is 6.92 Å². The molecule has 2 unspecified atom stereocenters. The molecule has 3 rings (SSSR count). The summed E-state index contributed by atoms with van der Waals surface area (Å²) in [4.78, 5) is 9.26. The van der Waals surface area contributed by atoms with Crippen molar-refractivity contribution in [1.29, 1.82) is 0 Å². The summed E-state index contributed by atoms with van der Waals surface area (Å²) in [5, 5.41) is -0.161. The summed E-state index contributed by atoms with van der Waals surface area (Å²) >= 11 is 6.34. The van der Waals surface area contributed by atoms with Gasteiger partial charge in [0.15, 0.2) is 5.65 Å². The molecule has 0 spiro atoms. The second-order valence-electron chi connectivity index (χ2n) is 5.40. The molecule has 0 aliphatic heterocycles. The van der Waals surface area contributed by atoms with Gasteiger partial charge in [-0.1, -0.05) is 30.3 Å². The van der Waals surface area contributed by atoms with E-state index in [1.807, 2.05) is 38.2 Å². The van der Waals surface area contributed by atoms with E-state index in [0.29, 0.717) is 0 Å². The van der Waals surface area contributed by atoms with Crippen molar-refractivity contribution in [2.24, 2.45) is 0 Å². The van der Waals surface area contributed by atoms with Crippen molar-refractivity contribution in [3.63, 3.8) is 0 Å². The molecule has 2 atom stereocenters. The number of benzene rings is 1. The van der Waals surface area contributed by atoms with E-state index in [-0.39, 0.29) is 11.4 Å². The highest BCUT2D eigenvalue weighted by Gasteiger charge is 2.20. The minimum Gasteiger partial charge on any atom is -0.304 e. The summed E-state index contributed by atoms with van der Waals surface area (Å²) < 4.78 is 2.14. The van der Waals surface area contributed by atoms with Crippen LogP contribution in [0.15, 0.2) is 42.6 Å². The van der Waals surface area contributed by atoms with Gasteiger partial charge in [-0.25, -0.2) is 9.97 Å². The Bertz CT molecular complexity index is 762. The number of pyridine rings is 1. The third-order valence-electron chi connectivity index (χ3n) is 3.72. The van der Waals surface area contributed by atoms with Crippen LogP contribution < -0.4 is 0 Å². The van der Waals surface area contributed by atoms with Crippen molar-refractivity contribution < 1.29 is 0 Å². The van der Waals surface area contributed by atoms with Crippen molar-refractivity contribution in [1.82, 2.24) is 14.5 Å². The van der Waals surface area contributed by atoms with Gasteiger partial charge in [-0.15, -0.1) is 11.6 Å². The Morgan fingerprint density at radius 2 is 1.86 bits per heavy atom. The van der Waals surface area contributed by atoms with Crippen LogP contribution >= 0.6 is 11.6 Å². The minimum atomic E-state index is -0.161. The topological polar surface area (TPSA) is 30.7 Å². The van der Waals surface area contributed by atoms with Gasteiger partial charge < -0.3 is 4.57 Å². The number of aromatic nitrogens is 3. The zero-order chi connectivity index (χ0) is 15.0. The van der Waals surface area contributed by atoms with Crippen LogP contribution in [0.25, 0.3) is 11.2 Å². The van der Waals surface area contributed by atoms with E-state index in [4.69, 9.17) is 11.6 Å². The third-order valence-corrected chi connectivity index (χ3v) is 3.91. The van der Waals surface area contributed by atoms with Crippen molar-refractivity contribution >= 4 is 22.8 Å². The highest BCUT2D eigenvalue weighted by Crippen LogP contribution is 2.30. The van der Waals surface area contributed by atoms with Crippen LogP contribution in [0.1, 0.15) is 42.2 Å². The second-order valence-corrected chi connectivity index (χ2v) is 6.05. The van der Waals surface area contributed by atoms with E-state index in [1.165, 1.54) is 5.56 Å². The lowest BCUT2D eigenvalue weighted by Crippen LogP contribution is -2.11. The molecule has 4 heteroatoms. The maximum atomic E-state index is 6.34. The quantitative estimate of drug-likeness (QED) is 0.659. The van der Waals surface area contributed by atoms with Gasteiger partial charge in [0.2, 0.25) is 0 Å². The van der Waals surface area contributed by atoms with Crippen LogP contribution in [-0.2, 0) is 0 Å². The summed E-state index contributed by atoms with van der Waals surface area (Å²) in [7, 11) is 0. The lowest BCUT2D eigenvalue weighted by atomic mass is 10.1. The monoisotopic (exact) mass is 299 g/mol. The lowest BCUT2D eigenvalue weighted by molar-refractivity contribution is 0.614. The fourth-order valence-corrected chi connectivity index (χ4v) is 2.80. The zero-order valence-corrected chi connectivity index (χ0v) is 13.2. The first-order chi connectivity index (χ1) is 10.1. The number of alkyl halides is 1. The van der Waals surface area contributed by atoms with Gasteiger partial charge in [-0.3, -0.25) is 0 Å². The highest BCUT2D eigenvalue weighted by atomic mass is 35.5. The molecule has 0 amide bonds. The third kappa shape index (κ3) is 2.54. The van der Waals surface area contributed by atoms with Crippen LogP contribution in [0.4, 0.5) is 0 Å². The Balaban J connectivity index is 2.22. The first kappa shape index (κ1) is 14.1. The number of hydrogen-bond donors (Lipinski definition) is 0. The molecule has 0 saturated heterocycles. The number of halogens is 1. The molecular formula is C17H18ClN3. The molecule has 0 saturated carbocycles. The van der Waals surface area contributed by atoms with E-state index >= 15 is 0 Å². The Morgan fingerprint density at radius 1 is 1.14 bits per heavy atom. The van der Waals surface area contributed by atoms with Gasteiger partial charge in [0.05, 0.1) is 11.4 Å². The zero-order valence-electron chi connectivity index (χ0n) is 12.4. The Morgan fingerprint density at radius 3 is 2.52 bits per heavy atom. The molecule has 21 heavy (non-hydrogen) atoms. The first-order valence-electron chi connectivity index (χ1n) is 7.11. The van der Waals surface area contributed by atoms with Crippen molar-refractivity contribution in [2.75, 3.05) is 0 Å². The number of aryl methyl sites for hydroxylation is 1. The predicted molar refractivity (Wildman–Crippen MR) is 86.8 cm³/mol. The van der Waals surface area contributed by atoms with Gasteiger partial charge in [0, 0.05) is 6.20 Å². The summed E-state index contributed by atoms with van der Waals surface area (Å²) in [6.07, 6.45) is 1.88. The molecule has 3 aromatic rings. The molecule has 0 N–H and O–H groups in total. The van der Waals surface area contributed by atoms with E-state index in [1.54, 1.807) is 0 Å². The van der Waals surface area contributed by atoms with Gasteiger partial charge in [-0.2, -0.15) is 0 Å². The molecule has 2 aromatic heterocycles. The van der Waals surface area contributed by atoms with Crippen molar-refractivity contribution in [2.45, 2.75) is 32.2 Å². The molecule has 1 aromatic carbocycles. The number of hydrogen-bond acceptors (Lipinski definition) is 2. The fraction of sp³-hybridized carbons (Fsp3) is 0.294. The van der Waals surface area contributed by atoms with E-state index in [2.05, 4.69) is 39.7 Å². The SMILES string of the molecule is Cc1cnc2c(c1)nc(C(C)Cl)n2C(C)c1ccccc1. The van der Waals surface area contributed by atoms with Crippen LogP contribution in [0.5, 0.6) is 0 Å². The highest BCUT2D eigenvalue weighted by molar-refractivity contribution is 6.20. The second kappa shape index (κ2) is 5.49. The molecular weight excluding hydrogens is 282 g/mol. The van der Waals surface area contributed by atoms with Crippen molar-refractivity contribution in [3.05, 3.63) is 59.5 Å². The Labute approximate surface area is 129 Å². The van der Waals surface area contributed by atoms with Crippen LogP contribution in [-0.4, -0.2) is 14.5 Å². The molecule has 0 aliphatic carbocycles. The van der Waals surface area contributed by atoms with Gasteiger partial charge in [0.25, 0.3) is 0 Å². The van der Waals surface area contributed by atoms with Crippen LogP contribution in [0.3, 0.4) is 0 Å². The Kier molecular flexibility index (Phi) is 3.68. The standard InChI is InChI=1S/C17H18ClN3/c1-11-9-15-17(19-10-11)21(16(20-15)12(2)18)13(3)14-7-5-4-6-8-14/h4-10,12-13H,1-3H3. The number of fused-ring (bicyclic) bond motifs is 1. The molecule has 3 nitrogen and oxygen atoms in total. The normalized spacial score (nSPS) is 14.3. The summed E-state index contributed by atoms with van der Waals surface area (Å²) in [5.41, 5.74) is 4.12. The largest absolute Gasteiger partial charge is 0.304 e. The molecule has 108 valence electrons. The summed E-state index contributed by atoms with van der Waals surface area (Å²) in [6, 6.07) is 12.6. The molecule has 0 fully saturated rings. The van der Waals surface area contributed by atoms with Gasteiger partial charge >= 0.3 is 0 Å². The lowest BCUT2D eigenvalue weighted by Gasteiger charge is -2.18. The van der Waals surface area contributed by atoms with E-state index in [9.17, 15) is 0 Å². The number of rotatable bonds is 3. The molecule has 0 radical (unpaired) electrons. The van der Waals surface area contributed by atoms with Gasteiger partial charge in [0.1, 0.15) is 11.3 Å². The summed E-state index contributed by atoms with van der Waals surface area (Å²) in [5.74, 6) is 0.862. The maximum absolute atomic E-state index is 6.34. The average molecular weight is 300 g/mol. The smallest absolute Gasteiger partial charge is 0.160 e. The molecule has 2 heterocycles. The maximum Gasteiger partial charge on any atom is 0.160 e. The van der Waals surface area contributed by atoms with Crippen molar-refractivity contribution in [3.8, 4) is 0 Å². The number of nitrogens with zero attached hydrogens (tertiary/aromatic N) is 3. The van der Waals surface area contributed by atoms with Crippen LogP contribution in [0.2, 0.25) is 0 Å². The first-order valence-corrected chi connectivity index (χ1v) is 7.55. The van der Waals surface area contributed by atoms with E-state index < -0.39 is 0 Å². The molecule has 0 aliphatic rings. The number of imidazole rings is 1. The van der Waals surface area contributed by atoms with E-state index in [0.717, 1.165) is 22.6 Å². The Hall–Kier alpha value is -1.87. The fourth-order valence-electron chi connectivity index (χ4n) is 2.64. The predicted octanol–water partition coefficient (Wildman–Crippen LogP) is 4.65. The van der Waals surface area contributed by atoms with Gasteiger partial charge in [-0.05, 0) is 38.0 Å².